The van der Waals surface area contributed by atoms with E-state index in [0.717, 1.165) is 16.7 Å². The number of hydrogen-bond acceptors (Lipinski definition) is 7. The third-order valence-electron chi connectivity index (χ3n) is 6.34. The smallest absolute Gasteiger partial charge is 0.343 e. The van der Waals surface area contributed by atoms with E-state index in [0.29, 0.717) is 22.3 Å². The molecule has 3 rings (SSSR count). The van der Waals surface area contributed by atoms with Crippen LogP contribution in [0.4, 0.5) is 0 Å². The van der Waals surface area contributed by atoms with Crippen molar-refractivity contribution in [3.63, 3.8) is 0 Å². The monoisotopic (exact) mass is 567 g/mol. The average molecular weight is 568 g/mol. The van der Waals surface area contributed by atoms with Crippen LogP contribution in [0.5, 0.6) is 11.5 Å². The Bertz CT molecular complexity index is 1520. The fraction of sp³-hybridized carbons (Fsp3) is 0.355. The maximum atomic E-state index is 13.2. The third-order valence-corrected chi connectivity index (χ3v) is 7.16. The number of esters is 2. The molecular formula is C31H37NO7S. The van der Waals surface area contributed by atoms with E-state index in [-0.39, 0.29) is 23.6 Å². The van der Waals surface area contributed by atoms with Crippen LogP contribution in [0, 0.1) is 27.7 Å². The molecule has 0 saturated heterocycles. The molecule has 8 nitrogen and oxygen atoms in total. The Morgan fingerprint density at radius 2 is 1.30 bits per heavy atom. The molecule has 0 fully saturated rings. The minimum absolute atomic E-state index is 0.00114. The molecule has 3 aromatic rings. The SMILES string of the molecule is Cc1ccc(C(=O)Oc2ccc(C(CNC(C)(C)C)CS(=O)(=O)O)cc2OC(=O)c2ccc(C)cc2C)c(C)c1. The zero-order valence-corrected chi connectivity index (χ0v) is 24.8. The molecule has 0 bridgehead atoms. The van der Waals surface area contributed by atoms with Crippen LogP contribution in [-0.4, -0.2) is 42.7 Å². The summed E-state index contributed by atoms with van der Waals surface area (Å²) in [5, 5.41) is 3.25. The number of carbonyl (C=O) groups is 2. The van der Waals surface area contributed by atoms with Crippen LogP contribution in [0.1, 0.15) is 75.2 Å². The highest BCUT2D eigenvalue weighted by Crippen LogP contribution is 2.34. The van der Waals surface area contributed by atoms with Crippen LogP contribution in [0.25, 0.3) is 0 Å². The number of benzene rings is 3. The standard InChI is InChI=1S/C31H37NO7S/c1-19-8-11-25(21(3)14-19)29(33)38-27-13-10-23(24(18-40(35,36)37)17-32-31(5,6)7)16-28(27)39-30(34)26-12-9-20(2)15-22(26)4/h8-16,24,32H,17-18H2,1-7H3,(H,35,36,37). The van der Waals surface area contributed by atoms with E-state index in [2.05, 4.69) is 5.32 Å². The fourth-order valence-electron chi connectivity index (χ4n) is 4.29. The predicted molar refractivity (Wildman–Crippen MR) is 155 cm³/mol. The normalized spacial score (nSPS) is 12.6. The van der Waals surface area contributed by atoms with Crippen molar-refractivity contribution in [1.82, 2.24) is 5.32 Å². The average Bonchev–Trinajstić information content (AvgIpc) is 2.81. The number of carbonyl (C=O) groups excluding carboxylic acids is 2. The molecule has 214 valence electrons. The second kappa shape index (κ2) is 12.3. The van der Waals surface area contributed by atoms with Gasteiger partial charge in [0.15, 0.2) is 11.5 Å². The summed E-state index contributed by atoms with van der Waals surface area (Å²) in [4.78, 5) is 26.3. The van der Waals surface area contributed by atoms with Crippen molar-refractivity contribution < 1.29 is 32.0 Å². The van der Waals surface area contributed by atoms with Crippen molar-refractivity contribution in [2.24, 2.45) is 0 Å². The van der Waals surface area contributed by atoms with E-state index in [9.17, 15) is 22.6 Å². The number of hydrogen-bond donors (Lipinski definition) is 2. The van der Waals surface area contributed by atoms with Gasteiger partial charge in [-0.3, -0.25) is 4.55 Å². The highest BCUT2D eigenvalue weighted by atomic mass is 32.2. The number of nitrogens with one attached hydrogen (secondary N) is 1. The van der Waals surface area contributed by atoms with Crippen molar-refractivity contribution in [2.45, 2.75) is 59.9 Å². The molecule has 2 N–H and O–H groups in total. The van der Waals surface area contributed by atoms with Crippen LogP contribution in [0.3, 0.4) is 0 Å². The molecule has 0 aliphatic carbocycles. The maximum Gasteiger partial charge on any atom is 0.343 e. The molecule has 0 radical (unpaired) electrons. The molecule has 0 aliphatic rings. The lowest BCUT2D eigenvalue weighted by molar-refractivity contribution is 0.0681. The summed E-state index contributed by atoms with van der Waals surface area (Å²) in [6.45, 7) is 13.5. The van der Waals surface area contributed by atoms with Crippen molar-refractivity contribution >= 4 is 22.1 Å². The fourth-order valence-corrected chi connectivity index (χ4v) is 5.11. The number of rotatable bonds is 9. The van der Waals surface area contributed by atoms with Gasteiger partial charge in [-0.15, -0.1) is 0 Å². The van der Waals surface area contributed by atoms with E-state index < -0.39 is 33.7 Å². The Kier molecular flexibility index (Phi) is 9.56. The van der Waals surface area contributed by atoms with Crippen molar-refractivity contribution in [2.75, 3.05) is 12.3 Å². The Balaban J connectivity index is 2.04. The number of ether oxygens (including phenoxy) is 2. The molecule has 0 spiro atoms. The van der Waals surface area contributed by atoms with Crippen LogP contribution in [0.2, 0.25) is 0 Å². The molecule has 0 amide bonds. The zero-order chi connectivity index (χ0) is 29.8. The lowest BCUT2D eigenvalue weighted by Crippen LogP contribution is -2.39. The largest absolute Gasteiger partial charge is 0.419 e. The molecule has 1 atom stereocenters. The van der Waals surface area contributed by atoms with Gasteiger partial charge in [0.25, 0.3) is 10.1 Å². The summed E-state index contributed by atoms with van der Waals surface area (Å²) in [7, 11) is -4.33. The predicted octanol–water partition coefficient (Wildman–Crippen LogP) is 5.72. The molecule has 0 aromatic heterocycles. The molecular weight excluding hydrogens is 530 g/mol. The topological polar surface area (TPSA) is 119 Å². The van der Waals surface area contributed by atoms with Gasteiger partial charge in [-0.2, -0.15) is 8.42 Å². The molecule has 3 aromatic carbocycles. The molecule has 0 aliphatic heterocycles. The molecule has 40 heavy (non-hydrogen) atoms. The van der Waals surface area contributed by atoms with Crippen molar-refractivity contribution in [1.29, 1.82) is 0 Å². The van der Waals surface area contributed by atoms with E-state index in [4.69, 9.17) is 9.47 Å². The van der Waals surface area contributed by atoms with Crippen LogP contribution in [0.15, 0.2) is 54.6 Å². The molecule has 0 heterocycles. The molecule has 1 unspecified atom stereocenters. The van der Waals surface area contributed by atoms with Gasteiger partial charge in [-0.1, -0.05) is 41.5 Å². The maximum absolute atomic E-state index is 13.2. The van der Waals surface area contributed by atoms with Gasteiger partial charge >= 0.3 is 11.9 Å². The van der Waals surface area contributed by atoms with Crippen molar-refractivity contribution in [3.05, 3.63) is 93.5 Å². The van der Waals surface area contributed by atoms with Gasteiger partial charge in [0.1, 0.15) is 0 Å². The Morgan fingerprint density at radius 1 is 0.800 bits per heavy atom. The van der Waals surface area contributed by atoms with Crippen LogP contribution < -0.4 is 14.8 Å². The lowest BCUT2D eigenvalue weighted by Gasteiger charge is -2.25. The summed E-state index contributed by atoms with van der Waals surface area (Å²) in [5.74, 6) is -2.56. The minimum Gasteiger partial charge on any atom is -0.419 e. The summed E-state index contributed by atoms with van der Waals surface area (Å²) >= 11 is 0. The first-order valence-corrected chi connectivity index (χ1v) is 14.6. The van der Waals surface area contributed by atoms with Crippen molar-refractivity contribution in [3.8, 4) is 11.5 Å². The van der Waals surface area contributed by atoms with Gasteiger partial charge < -0.3 is 14.8 Å². The Labute approximate surface area is 236 Å². The first-order valence-electron chi connectivity index (χ1n) is 13.0. The second-order valence-electron chi connectivity index (χ2n) is 11.2. The van der Waals surface area contributed by atoms with Crippen LogP contribution in [-0.2, 0) is 10.1 Å². The first kappa shape index (κ1) is 31.0. The van der Waals surface area contributed by atoms with E-state index in [1.165, 1.54) is 12.1 Å². The summed E-state index contributed by atoms with van der Waals surface area (Å²) < 4.78 is 44.8. The minimum atomic E-state index is -4.33. The summed E-state index contributed by atoms with van der Waals surface area (Å²) in [6, 6.07) is 15.2. The molecule has 0 saturated carbocycles. The van der Waals surface area contributed by atoms with Gasteiger partial charge in [0.05, 0.1) is 16.9 Å². The third kappa shape index (κ3) is 8.74. The first-order chi connectivity index (χ1) is 18.5. The van der Waals surface area contributed by atoms with Gasteiger partial charge in [-0.25, -0.2) is 9.59 Å². The quantitative estimate of drug-likeness (QED) is 0.192. The summed E-state index contributed by atoms with van der Waals surface area (Å²) in [5.41, 5.74) is 4.28. The van der Waals surface area contributed by atoms with E-state index in [1.807, 2.05) is 46.8 Å². The van der Waals surface area contributed by atoms with E-state index in [1.54, 1.807) is 44.2 Å². The second-order valence-corrected chi connectivity index (χ2v) is 12.7. The zero-order valence-electron chi connectivity index (χ0n) is 24.0. The summed E-state index contributed by atoms with van der Waals surface area (Å²) in [6.07, 6.45) is 0. The lowest BCUT2D eigenvalue weighted by atomic mass is 9.98. The van der Waals surface area contributed by atoms with Gasteiger partial charge in [-0.05, 0) is 89.4 Å². The highest BCUT2D eigenvalue weighted by Gasteiger charge is 2.25. The van der Waals surface area contributed by atoms with Gasteiger partial charge in [0.2, 0.25) is 0 Å². The molecule has 9 heteroatoms. The Hall–Kier alpha value is -3.53. The Morgan fingerprint density at radius 3 is 1.75 bits per heavy atom. The van der Waals surface area contributed by atoms with Crippen LogP contribution >= 0.6 is 0 Å². The number of aryl methyl sites for hydroxylation is 4. The van der Waals surface area contributed by atoms with E-state index >= 15 is 0 Å². The highest BCUT2D eigenvalue weighted by molar-refractivity contribution is 7.85. The van der Waals surface area contributed by atoms with Gasteiger partial charge in [0, 0.05) is 18.0 Å².